The van der Waals surface area contributed by atoms with Crippen LogP contribution >= 0.6 is 0 Å². The molecule has 1 aliphatic rings. The van der Waals surface area contributed by atoms with Crippen molar-refractivity contribution < 1.29 is 9.59 Å². The Bertz CT molecular complexity index is 729. The van der Waals surface area contributed by atoms with Gasteiger partial charge < -0.3 is 10.6 Å². The topological polar surface area (TPSA) is 70.6 Å². The van der Waals surface area contributed by atoms with Crippen LogP contribution in [0.25, 0.3) is 0 Å². The van der Waals surface area contributed by atoms with Crippen LogP contribution in [0.4, 0.5) is 0 Å². The van der Waals surface area contributed by atoms with Gasteiger partial charge in [0.25, 0.3) is 0 Å². The van der Waals surface area contributed by atoms with Crippen LogP contribution in [0.2, 0.25) is 0 Å². The number of carbonyl (C=O) groups excluding carboxylic acids is 2. The molecule has 0 spiro atoms. The maximum Gasteiger partial charge on any atom is 0.247 e. The summed E-state index contributed by atoms with van der Waals surface area (Å²) in [4.78, 5) is 27.2. The van der Waals surface area contributed by atoms with E-state index < -0.39 is 0 Å². The van der Waals surface area contributed by atoms with Crippen LogP contribution in [0.5, 0.6) is 0 Å². The van der Waals surface area contributed by atoms with E-state index in [1.807, 2.05) is 13.8 Å². The van der Waals surface area contributed by atoms with Gasteiger partial charge in [-0.25, -0.2) is 0 Å². The van der Waals surface area contributed by atoms with E-state index in [2.05, 4.69) is 49.9 Å². The van der Waals surface area contributed by atoms with Crippen molar-refractivity contribution in [2.75, 3.05) is 13.1 Å². The fraction of sp³-hybridized carbons (Fsp3) is 0.560. The first-order chi connectivity index (χ1) is 14.0. The van der Waals surface area contributed by atoms with Gasteiger partial charge in [-0.3, -0.25) is 14.6 Å². The van der Waals surface area contributed by atoms with Crippen LogP contribution in [0.3, 0.4) is 0 Å². The standard InChI is InChI=1S/C15H24N2O2.C10H17N/c1-11(6-7-12(2)18)13(3)14(19)17-15(4)8-5-9-16-10-15;1-6-10(8(3)4)9(5)11-7-2/h6-7,16H,5,8-10H2,1-4H3,(H,17,19);7H,2,6H2,1,3-5H3/b7-6-,13-11+;/t15-;/m1./s1. The van der Waals surface area contributed by atoms with Crippen molar-refractivity contribution in [3.63, 3.8) is 0 Å². The number of rotatable bonds is 7. The first-order valence-corrected chi connectivity index (χ1v) is 10.7. The van der Waals surface area contributed by atoms with Gasteiger partial charge in [0, 0.05) is 29.6 Å². The van der Waals surface area contributed by atoms with Gasteiger partial charge in [0.05, 0.1) is 0 Å². The number of nitrogens with zero attached hydrogens (tertiary/aromatic N) is 1. The number of piperidine rings is 1. The zero-order chi connectivity index (χ0) is 23.3. The molecule has 0 bridgehead atoms. The predicted molar refractivity (Wildman–Crippen MR) is 129 cm³/mol. The number of nitrogens with one attached hydrogen (secondary N) is 2. The second-order valence-electron chi connectivity index (χ2n) is 8.28. The predicted octanol–water partition coefficient (Wildman–Crippen LogP) is 5.06. The molecule has 0 unspecified atom stereocenters. The number of carbonyl (C=O) groups is 2. The molecule has 1 atom stereocenters. The Labute approximate surface area is 183 Å². The highest BCUT2D eigenvalue weighted by atomic mass is 16.2. The van der Waals surface area contributed by atoms with Crippen molar-refractivity contribution in [1.29, 1.82) is 0 Å². The average Bonchev–Trinajstić information content (AvgIpc) is 2.66. The van der Waals surface area contributed by atoms with Gasteiger partial charge in [-0.1, -0.05) is 25.2 Å². The Hall–Kier alpha value is -2.27. The second kappa shape index (κ2) is 13.9. The van der Waals surface area contributed by atoms with Crippen molar-refractivity contribution >= 4 is 17.4 Å². The smallest absolute Gasteiger partial charge is 0.247 e. The number of aliphatic imine (C=N–C) groups is 1. The highest BCUT2D eigenvalue weighted by molar-refractivity contribution is 5.99. The van der Waals surface area contributed by atoms with Gasteiger partial charge in [-0.05, 0) is 91.5 Å². The van der Waals surface area contributed by atoms with Gasteiger partial charge in [0.15, 0.2) is 5.78 Å². The first kappa shape index (κ1) is 27.7. The summed E-state index contributed by atoms with van der Waals surface area (Å²) in [6.45, 7) is 21.0. The fourth-order valence-corrected chi connectivity index (χ4v) is 3.26. The minimum absolute atomic E-state index is 0.0176. The molecule has 5 heteroatoms. The van der Waals surface area contributed by atoms with E-state index in [0.29, 0.717) is 5.57 Å². The van der Waals surface area contributed by atoms with E-state index in [1.165, 1.54) is 24.1 Å². The fourth-order valence-electron chi connectivity index (χ4n) is 3.26. The number of hydrogen-bond acceptors (Lipinski definition) is 4. The Morgan fingerprint density at radius 1 is 1.13 bits per heavy atom. The second-order valence-corrected chi connectivity index (χ2v) is 8.28. The molecular weight excluding hydrogens is 374 g/mol. The van der Waals surface area contributed by atoms with Gasteiger partial charge in [-0.2, -0.15) is 0 Å². The number of ketones is 1. The quantitative estimate of drug-likeness (QED) is 0.347. The number of allylic oxidation sites excluding steroid dienone is 5. The molecule has 30 heavy (non-hydrogen) atoms. The normalized spacial score (nSPS) is 19.9. The highest BCUT2D eigenvalue weighted by Crippen LogP contribution is 2.16. The molecule has 0 aromatic heterocycles. The summed E-state index contributed by atoms with van der Waals surface area (Å²) in [5.41, 5.74) is 5.06. The molecule has 1 rings (SSSR count). The molecule has 2 N–H and O–H groups in total. The summed E-state index contributed by atoms with van der Waals surface area (Å²) in [5, 5.41) is 6.38. The molecule has 1 saturated heterocycles. The van der Waals surface area contributed by atoms with Gasteiger partial charge in [-0.15, -0.1) is 0 Å². The van der Waals surface area contributed by atoms with Gasteiger partial charge in [0.2, 0.25) is 5.91 Å². The molecule has 5 nitrogen and oxygen atoms in total. The van der Waals surface area contributed by atoms with Gasteiger partial charge >= 0.3 is 0 Å². The molecule has 0 aromatic rings. The highest BCUT2D eigenvalue weighted by Gasteiger charge is 2.28. The lowest BCUT2D eigenvalue weighted by Crippen LogP contribution is -2.55. The molecular formula is C25H41N3O2. The lowest BCUT2D eigenvalue weighted by molar-refractivity contribution is -0.119. The molecule has 0 saturated carbocycles. The largest absolute Gasteiger partial charge is 0.346 e. The van der Waals surface area contributed by atoms with Crippen molar-refractivity contribution in [1.82, 2.24) is 10.6 Å². The van der Waals surface area contributed by atoms with E-state index >= 15 is 0 Å². The molecule has 1 heterocycles. The van der Waals surface area contributed by atoms with Crippen LogP contribution in [-0.4, -0.2) is 36.0 Å². The zero-order valence-corrected chi connectivity index (χ0v) is 20.2. The van der Waals surface area contributed by atoms with E-state index in [9.17, 15) is 9.59 Å². The van der Waals surface area contributed by atoms with Crippen LogP contribution in [0.1, 0.15) is 74.7 Å². The Kier molecular flexibility index (Phi) is 12.8. The van der Waals surface area contributed by atoms with Crippen molar-refractivity contribution in [3.8, 4) is 0 Å². The minimum atomic E-state index is -0.179. The summed E-state index contributed by atoms with van der Waals surface area (Å²) in [5.74, 6) is -0.0760. The van der Waals surface area contributed by atoms with E-state index in [-0.39, 0.29) is 17.2 Å². The summed E-state index contributed by atoms with van der Waals surface area (Å²) < 4.78 is 0. The van der Waals surface area contributed by atoms with Crippen molar-refractivity contribution in [2.24, 2.45) is 4.99 Å². The van der Waals surface area contributed by atoms with Crippen LogP contribution in [0.15, 0.2) is 52.2 Å². The van der Waals surface area contributed by atoms with E-state index in [1.54, 1.807) is 19.2 Å². The van der Waals surface area contributed by atoms with Crippen LogP contribution < -0.4 is 10.6 Å². The molecule has 168 valence electrons. The Morgan fingerprint density at radius 3 is 2.20 bits per heavy atom. The summed E-state index contributed by atoms with van der Waals surface area (Å²) >= 11 is 0. The third-order valence-electron chi connectivity index (χ3n) is 5.19. The summed E-state index contributed by atoms with van der Waals surface area (Å²) in [6, 6.07) is 0. The van der Waals surface area contributed by atoms with Crippen LogP contribution in [-0.2, 0) is 9.59 Å². The molecule has 0 radical (unpaired) electrons. The molecule has 0 aromatic carbocycles. The van der Waals surface area contributed by atoms with Crippen molar-refractivity contribution in [2.45, 2.75) is 80.2 Å². The Balaban J connectivity index is 0.000000654. The SMILES string of the molecule is C=CN=C(C)C(CC)=C(C)C.CC(=O)/C=C\C(C)=C(/C)C(=O)N[C@]1(C)CCCNC1. The lowest BCUT2D eigenvalue weighted by Gasteiger charge is -2.35. The monoisotopic (exact) mass is 415 g/mol. The lowest BCUT2D eigenvalue weighted by atomic mass is 9.92. The molecule has 1 aliphatic heterocycles. The first-order valence-electron chi connectivity index (χ1n) is 10.7. The summed E-state index contributed by atoms with van der Waals surface area (Å²) in [7, 11) is 0. The number of amides is 1. The molecule has 1 amide bonds. The van der Waals surface area contributed by atoms with E-state index in [0.717, 1.165) is 43.6 Å². The van der Waals surface area contributed by atoms with Gasteiger partial charge in [0.1, 0.15) is 0 Å². The molecule has 0 aliphatic carbocycles. The minimum Gasteiger partial charge on any atom is -0.346 e. The zero-order valence-electron chi connectivity index (χ0n) is 20.2. The molecule has 1 fully saturated rings. The summed E-state index contributed by atoms with van der Waals surface area (Å²) in [6.07, 6.45) is 7.87. The third-order valence-corrected chi connectivity index (χ3v) is 5.19. The Morgan fingerprint density at radius 2 is 1.77 bits per heavy atom. The van der Waals surface area contributed by atoms with Crippen molar-refractivity contribution in [3.05, 3.63) is 47.2 Å². The van der Waals surface area contributed by atoms with Crippen LogP contribution in [0, 0.1) is 0 Å². The third kappa shape index (κ3) is 10.5. The maximum atomic E-state index is 12.2. The maximum absolute atomic E-state index is 12.2. The number of hydrogen-bond donors (Lipinski definition) is 2. The average molecular weight is 416 g/mol. The van der Waals surface area contributed by atoms with E-state index in [4.69, 9.17) is 0 Å².